The molecule has 0 bridgehead atoms. The second-order valence-corrected chi connectivity index (χ2v) is 15.9. The van der Waals surface area contributed by atoms with Crippen LogP contribution >= 0.6 is 24.4 Å². The zero-order valence-electron chi connectivity index (χ0n) is 29.8. The highest BCUT2D eigenvalue weighted by atomic mass is 32.1. The number of rotatable bonds is 4. The van der Waals surface area contributed by atoms with E-state index in [9.17, 15) is 0 Å². The molecule has 2 saturated carbocycles. The summed E-state index contributed by atoms with van der Waals surface area (Å²) in [6.45, 7) is 0. The van der Waals surface area contributed by atoms with Gasteiger partial charge in [0.05, 0.1) is 12.1 Å². The number of anilines is 2. The van der Waals surface area contributed by atoms with E-state index in [4.69, 9.17) is 33.9 Å². The van der Waals surface area contributed by atoms with Gasteiger partial charge in [-0.2, -0.15) is 0 Å². The van der Waals surface area contributed by atoms with E-state index in [2.05, 4.69) is 116 Å². The molecule has 4 heterocycles. The van der Waals surface area contributed by atoms with Crippen LogP contribution in [0.3, 0.4) is 0 Å². The molecule has 0 amide bonds. The van der Waals surface area contributed by atoms with Crippen molar-refractivity contribution in [1.82, 2.24) is 20.0 Å². The molecular weight excluding hydrogens is 709 g/mol. The average molecular weight is 749 g/mol. The molecular formula is C44H40N6O2S2. The summed E-state index contributed by atoms with van der Waals surface area (Å²) in [5, 5.41) is 17.2. The molecule has 10 heteroatoms. The Bertz CT molecular complexity index is 2250. The Morgan fingerprint density at radius 1 is 0.574 bits per heavy atom. The fourth-order valence-corrected chi connectivity index (χ4v) is 9.58. The van der Waals surface area contributed by atoms with Crippen LogP contribution in [-0.2, 0) is 0 Å². The third-order valence-corrected chi connectivity index (χ3v) is 12.5. The first-order valence-corrected chi connectivity index (χ1v) is 19.7. The number of hydrazine groups is 1. The molecule has 10 rings (SSSR count). The quantitative estimate of drug-likeness (QED) is 0.134. The molecule has 0 radical (unpaired) electrons. The number of benzene rings is 4. The van der Waals surface area contributed by atoms with Gasteiger partial charge in [0.25, 0.3) is 0 Å². The molecule has 4 aromatic carbocycles. The standard InChI is InChI=1S/C44H40N6O2S2/c53-41(47-35-13-5-9-29-17-23-45-27-33(29)35)49(37-25-43(19-7-20-43)51-39-15-3-1-11-31(37)39)50(42(54)48-36-14-6-10-30-18-24-46-28-34(30)36)38-26-44(21-8-22-44)52-40-16-4-2-12-32(38)40/h1-6,9-18,23-24,27-28,37-38H,7-8,19-22,25-26H2,(H,47,53)(H,48,54). The molecule has 6 aromatic rings. The highest BCUT2D eigenvalue weighted by Gasteiger charge is 2.52. The minimum atomic E-state index is -0.277. The van der Waals surface area contributed by atoms with Crippen molar-refractivity contribution >= 4 is 67.6 Å². The summed E-state index contributed by atoms with van der Waals surface area (Å²) in [4.78, 5) is 8.95. The van der Waals surface area contributed by atoms with Gasteiger partial charge < -0.3 is 20.1 Å². The largest absolute Gasteiger partial charge is 0.487 e. The van der Waals surface area contributed by atoms with Gasteiger partial charge in [-0.15, -0.1) is 0 Å². The third-order valence-electron chi connectivity index (χ3n) is 12.0. The van der Waals surface area contributed by atoms with E-state index < -0.39 is 0 Å². The first-order valence-electron chi connectivity index (χ1n) is 18.9. The van der Waals surface area contributed by atoms with E-state index in [1.165, 1.54) is 0 Å². The van der Waals surface area contributed by atoms with Gasteiger partial charge in [-0.1, -0.05) is 60.7 Å². The van der Waals surface area contributed by atoms with Crippen molar-refractivity contribution in [2.24, 2.45) is 0 Å². The number of nitrogens with zero attached hydrogens (tertiary/aromatic N) is 4. The molecule has 2 unspecified atom stereocenters. The lowest BCUT2D eigenvalue weighted by molar-refractivity contribution is -0.0950. The molecule has 2 N–H and O–H groups in total. The first-order chi connectivity index (χ1) is 26.5. The molecule has 2 atom stereocenters. The Labute approximate surface area is 325 Å². The summed E-state index contributed by atoms with van der Waals surface area (Å²) in [6, 6.07) is 33.0. The van der Waals surface area contributed by atoms with Crippen molar-refractivity contribution in [2.75, 3.05) is 10.6 Å². The van der Waals surface area contributed by atoms with Gasteiger partial charge in [0.1, 0.15) is 22.7 Å². The van der Waals surface area contributed by atoms with E-state index in [-0.39, 0.29) is 23.3 Å². The number of ether oxygens (including phenoxy) is 2. The van der Waals surface area contributed by atoms with Crippen molar-refractivity contribution < 1.29 is 9.47 Å². The molecule has 2 aromatic heterocycles. The smallest absolute Gasteiger partial charge is 0.193 e. The summed E-state index contributed by atoms with van der Waals surface area (Å²) in [5.74, 6) is 1.80. The zero-order chi connectivity index (χ0) is 36.3. The molecule has 2 aliphatic heterocycles. The zero-order valence-corrected chi connectivity index (χ0v) is 31.4. The van der Waals surface area contributed by atoms with Crippen LogP contribution in [0.25, 0.3) is 21.5 Å². The second kappa shape index (κ2) is 13.2. The van der Waals surface area contributed by atoms with E-state index in [0.717, 1.165) is 107 Å². The van der Waals surface area contributed by atoms with E-state index in [0.29, 0.717) is 10.2 Å². The molecule has 4 aliphatic rings. The Kier molecular flexibility index (Phi) is 8.14. The topological polar surface area (TPSA) is 74.8 Å². The second-order valence-electron chi connectivity index (χ2n) is 15.1. The maximum Gasteiger partial charge on any atom is 0.193 e. The number of para-hydroxylation sites is 2. The number of hydrogen-bond donors (Lipinski definition) is 2. The van der Waals surface area contributed by atoms with Crippen molar-refractivity contribution in [3.05, 3.63) is 133 Å². The van der Waals surface area contributed by atoms with Gasteiger partial charge in [0.15, 0.2) is 10.2 Å². The monoisotopic (exact) mass is 748 g/mol. The molecule has 54 heavy (non-hydrogen) atoms. The van der Waals surface area contributed by atoms with Crippen LogP contribution < -0.4 is 20.1 Å². The van der Waals surface area contributed by atoms with Crippen LogP contribution in [-0.4, -0.2) is 41.4 Å². The van der Waals surface area contributed by atoms with Crippen LogP contribution in [0.1, 0.15) is 74.6 Å². The molecule has 2 spiro atoms. The fourth-order valence-electron chi connectivity index (χ4n) is 8.93. The Hall–Kier alpha value is -5.32. The normalized spacial score (nSPS) is 20.0. The summed E-state index contributed by atoms with van der Waals surface area (Å²) >= 11 is 13.3. The molecule has 2 aliphatic carbocycles. The number of pyridine rings is 2. The van der Waals surface area contributed by atoms with Crippen molar-refractivity contribution in [3.63, 3.8) is 0 Å². The minimum absolute atomic E-state index is 0.190. The van der Waals surface area contributed by atoms with Crippen molar-refractivity contribution in [3.8, 4) is 11.5 Å². The van der Waals surface area contributed by atoms with E-state index in [1.807, 2.05) is 36.9 Å². The molecule has 0 saturated heterocycles. The maximum atomic E-state index is 6.84. The highest BCUT2D eigenvalue weighted by molar-refractivity contribution is 7.81. The van der Waals surface area contributed by atoms with Gasteiger partial charge >= 0.3 is 0 Å². The molecule has 2 fully saturated rings. The number of hydrogen-bond acceptors (Lipinski definition) is 6. The lowest BCUT2D eigenvalue weighted by Crippen LogP contribution is -2.60. The minimum Gasteiger partial charge on any atom is -0.487 e. The predicted molar refractivity (Wildman–Crippen MR) is 222 cm³/mol. The predicted octanol–water partition coefficient (Wildman–Crippen LogP) is 10.3. The summed E-state index contributed by atoms with van der Waals surface area (Å²) in [5.41, 5.74) is 3.38. The average Bonchev–Trinajstić information content (AvgIpc) is 3.18. The summed E-state index contributed by atoms with van der Waals surface area (Å²) < 4.78 is 13.7. The Balaban J connectivity index is 1.17. The van der Waals surface area contributed by atoms with Crippen molar-refractivity contribution in [2.45, 2.75) is 74.7 Å². The highest BCUT2D eigenvalue weighted by Crippen LogP contribution is 2.55. The third kappa shape index (κ3) is 5.70. The molecule has 270 valence electrons. The van der Waals surface area contributed by atoms with Gasteiger partial charge in [-0.05, 0) is 110 Å². The SMILES string of the molecule is S=C(Nc1cccc2ccncc12)N(C1CC2(CCC2)Oc2ccccc21)N(C(=S)Nc1cccc2ccncc12)C1CC2(CCC2)Oc2ccccc21. The maximum absolute atomic E-state index is 6.84. The van der Waals surface area contributed by atoms with Gasteiger partial charge in [0, 0.05) is 70.9 Å². The van der Waals surface area contributed by atoms with Crippen LogP contribution in [0.2, 0.25) is 0 Å². The van der Waals surface area contributed by atoms with Gasteiger partial charge in [-0.3, -0.25) is 9.97 Å². The number of thiocarbonyl (C=S) groups is 2. The van der Waals surface area contributed by atoms with Crippen LogP contribution in [0, 0.1) is 0 Å². The van der Waals surface area contributed by atoms with Gasteiger partial charge in [-0.25, -0.2) is 10.0 Å². The summed E-state index contributed by atoms with van der Waals surface area (Å²) in [7, 11) is 0. The van der Waals surface area contributed by atoms with Crippen LogP contribution in [0.5, 0.6) is 11.5 Å². The van der Waals surface area contributed by atoms with Crippen LogP contribution in [0.15, 0.2) is 122 Å². The number of aromatic nitrogens is 2. The number of nitrogens with one attached hydrogen (secondary N) is 2. The number of fused-ring (bicyclic) bond motifs is 4. The lowest BCUT2D eigenvalue weighted by Gasteiger charge is -2.56. The van der Waals surface area contributed by atoms with Crippen LogP contribution in [0.4, 0.5) is 11.4 Å². The lowest BCUT2D eigenvalue weighted by atomic mass is 9.72. The Morgan fingerprint density at radius 2 is 1.02 bits per heavy atom. The Morgan fingerprint density at radius 3 is 1.44 bits per heavy atom. The van der Waals surface area contributed by atoms with Gasteiger partial charge in [0.2, 0.25) is 0 Å². The summed E-state index contributed by atoms with van der Waals surface area (Å²) in [6.07, 6.45) is 15.2. The van der Waals surface area contributed by atoms with E-state index in [1.54, 1.807) is 0 Å². The fraction of sp³-hybridized carbons (Fsp3) is 0.273. The van der Waals surface area contributed by atoms with Crippen molar-refractivity contribution in [1.29, 1.82) is 0 Å². The van der Waals surface area contributed by atoms with E-state index >= 15 is 0 Å². The molecule has 8 nitrogen and oxygen atoms in total. The first kappa shape index (κ1) is 33.3.